The quantitative estimate of drug-likeness (QED) is 0.251. The third kappa shape index (κ3) is 5.48. The van der Waals surface area contributed by atoms with E-state index in [0.717, 1.165) is 10.8 Å². The number of benzene rings is 3. The summed E-state index contributed by atoms with van der Waals surface area (Å²) in [7, 11) is 0. The van der Waals surface area contributed by atoms with Gasteiger partial charge in [0.25, 0.3) is 11.8 Å². The molecule has 0 aliphatic carbocycles. The van der Waals surface area contributed by atoms with E-state index in [4.69, 9.17) is 14.5 Å². The molecule has 0 unspecified atom stereocenters. The van der Waals surface area contributed by atoms with Gasteiger partial charge in [-0.15, -0.1) is 0 Å². The molecule has 3 heterocycles. The molecule has 5 aromatic rings. The SMILES string of the molecule is CCOc1cc(-c2nccc(-c3cc4n(n3)CCNC4=O)n2)cc(Br)c1OCC(=O)Nc1cccc2ccccc12. The molecule has 0 fully saturated rings. The van der Waals surface area contributed by atoms with E-state index < -0.39 is 0 Å². The molecule has 41 heavy (non-hydrogen) atoms. The van der Waals surface area contributed by atoms with Crippen LogP contribution in [-0.2, 0) is 11.3 Å². The Morgan fingerprint density at radius 2 is 1.93 bits per heavy atom. The highest BCUT2D eigenvalue weighted by Gasteiger charge is 2.21. The largest absolute Gasteiger partial charge is 0.490 e. The van der Waals surface area contributed by atoms with E-state index in [1.807, 2.05) is 55.5 Å². The lowest BCUT2D eigenvalue weighted by molar-refractivity contribution is -0.118. The summed E-state index contributed by atoms with van der Waals surface area (Å²) in [5, 5.41) is 12.3. The number of hydrogen-bond donors (Lipinski definition) is 2. The van der Waals surface area contributed by atoms with Crippen molar-refractivity contribution in [1.82, 2.24) is 25.1 Å². The lowest BCUT2D eigenvalue weighted by Crippen LogP contribution is -2.35. The van der Waals surface area contributed by atoms with Crippen LogP contribution in [0.4, 0.5) is 5.69 Å². The number of hydrogen-bond acceptors (Lipinski definition) is 7. The van der Waals surface area contributed by atoms with E-state index in [0.29, 0.717) is 69.8 Å². The Labute approximate surface area is 243 Å². The van der Waals surface area contributed by atoms with E-state index in [9.17, 15) is 9.59 Å². The summed E-state index contributed by atoms with van der Waals surface area (Å²) in [6, 6.07) is 20.7. The molecule has 0 saturated heterocycles. The summed E-state index contributed by atoms with van der Waals surface area (Å²) >= 11 is 3.57. The van der Waals surface area contributed by atoms with Gasteiger partial charge in [0.05, 0.1) is 23.3 Å². The minimum atomic E-state index is -0.299. The van der Waals surface area contributed by atoms with Gasteiger partial charge in [0.2, 0.25) is 0 Å². The molecule has 2 amide bonds. The Morgan fingerprint density at radius 3 is 2.78 bits per heavy atom. The number of halogens is 1. The van der Waals surface area contributed by atoms with Crippen molar-refractivity contribution in [2.45, 2.75) is 13.5 Å². The molecule has 2 N–H and O–H groups in total. The zero-order valence-corrected chi connectivity index (χ0v) is 23.6. The van der Waals surface area contributed by atoms with Crippen LogP contribution in [0.25, 0.3) is 33.5 Å². The third-order valence-electron chi connectivity index (χ3n) is 6.52. The molecular formula is C30H25BrN6O4. The summed E-state index contributed by atoms with van der Waals surface area (Å²) in [5.41, 5.74) is 3.06. The minimum Gasteiger partial charge on any atom is -0.490 e. The number of nitrogens with one attached hydrogen (secondary N) is 2. The molecule has 0 bridgehead atoms. The van der Waals surface area contributed by atoms with E-state index in [1.165, 1.54) is 0 Å². The Kier molecular flexibility index (Phi) is 7.34. The van der Waals surface area contributed by atoms with Crippen LogP contribution in [0.1, 0.15) is 17.4 Å². The maximum Gasteiger partial charge on any atom is 0.269 e. The molecule has 1 aliphatic heterocycles. The molecule has 3 aromatic carbocycles. The van der Waals surface area contributed by atoms with Crippen molar-refractivity contribution in [3.05, 3.63) is 83.1 Å². The summed E-state index contributed by atoms with van der Waals surface area (Å²) < 4.78 is 14.1. The van der Waals surface area contributed by atoms with Gasteiger partial charge in [-0.2, -0.15) is 5.10 Å². The second kappa shape index (κ2) is 11.4. The maximum atomic E-state index is 12.8. The highest BCUT2D eigenvalue weighted by Crippen LogP contribution is 2.39. The van der Waals surface area contributed by atoms with Crippen LogP contribution in [0.3, 0.4) is 0 Å². The number of aromatic nitrogens is 4. The first-order chi connectivity index (χ1) is 20.0. The Hall–Kier alpha value is -4.77. The molecule has 6 rings (SSSR count). The van der Waals surface area contributed by atoms with Crippen molar-refractivity contribution >= 4 is 44.2 Å². The predicted octanol–water partition coefficient (Wildman–Crippen LogP) is 5.08. The average molecular weight is 613 g/mol. The zero-order chi connectivity index (χ0) is 28.3. The van der Waals surface area contributed by atoms with Gasteiger partial charge in [-0.05, 0) is 58.6 Å². The number of rotatable bonds is 8. The van der Waals surface area contributed by atoms with Crippen LogP contribution < -0.4 is 20.1 Å². The second-order valence-corrected chi connectivity index (χ2v) is 10.1. The maximum absolute atomic E-state index is 12.8. The van der Waals surface area contributed by atoms with Crippen LogP contribution in [0.5, 0.6) is 11.5 Å². The monoisotopic (exact) mass is 612 g/mol. The predicted molar refractivity (Wildman–Crippen MR) is 158 cm³/mol. The molecule has 2 aromatic heterocycles. The van der Waals surface area contributed by atoms with E-state index in [2.05, 4.69) is 36.6 Å². The van der Waals surface area contributed by atoms with Crippen LogP contribution in [0.15, 0.2) is 77.4 Å². The summed E-state index contributed by atoms with van der Waals surface area (Å²) in [6.07, 6.45) is 1.65. The second-order valence-electron chi connectivity index (χ2n) is 9.24. The topological polar surface area (TPSA) is 120 Å². The van der Waals surface area contributed by atoms with Crippen LogP contribution in [-0.4, -0.2) is 51.3 Å². The molecule has 1 aliphatic rings. The number of carbonyl (C=O) groups is 2. The Bertz CT molecular complexity index is 1780. The van der Waals surface area contributed by atoms with Gasteiger partial charge in [-0.25, -0.2) is 9.97 Å². The van der Waals surface area contributed by atoms with Crippen LogP contribution in [0, 0.1) is 0 Å². The van der Waals surface area contributed by atoms with Gasteiger partial charge < -0.3 is 20.1 Å². The minimum absolute atomic E-state index is 0.157. The molecule has 0 spiro atoms. The number of fused-ring (bicyclic) bond motifs is 2. The van der Waals surface area contributed by atoms with Crippen molar-refractivity contribution in [3.8, 4) is 34.3 Å². The lowest BCUT2D eigenvalue weighted by atomic mass is 10.1. The summed E-state index contributed by atoms with van der Waals surface area (Å²) in [4.78, 5) is 34.1. The first kappa shape index (κ1) is 26.5. The summed E-state index contributed by atoms with van der Waals surface area (Å²) in [6.45, 7) is 3.18. The van der Waals surface area contributed by atoms with Crippen molar-refractivity contribution in [1.29, 1.82) is 0 Å². The lowest BCUT2D eigenvalue weighted by Gasteiger charge is -2.15. The van der Waals surface area contributed by atoms with Crippen molar-refractivity contribution in [2.24, 2.45) is 0 Å². The molecule has 0 radical (unpaired) electrons. The molecule has 0 atom stereocenters. The van der Waals surface area contributed by atoms with E-state index >= 15 is 0 Å². The molecule has 206 valence electrons. The molecule has 0 saturated carbocycles. The number of anilines is 1. The number of amides is 2. The molecule has 10 nitrogen and oxygen atoms in total. The van der Waals surface area contributed by atoms with Gasteiger partial charge in [-0.3, -0.25) is 14.3 Å². The molecule has 11 heteroatoms. The Balaban J connectivity index is 1.23. The Morgan fingerprint density at radius 1 is 1.07 bits per heavy atom. The van der Waals surface area contributed by atoms with Gasteiger partial charge in [-0.1, -0.05) is 36.4 Å². The third-order valence-corrected chi connectivity index (χ3v) is 7.11. The normalized spacial score (nSPS) is 12.5. The number of ether oxygens (including phenoxy) is 2. The number of carbonyl (C=O) groups excluding carboxylic acids is 2. The van der Waals surface area contributed by atoms with E-state index in [1.54, 1.807) is 29.1 Å². The first-order valence-corrected chi connectivity index (χ1v) is 13.9. The first-order valence-electron chi connectivity index (χ1n) is 13.1. The van der Waals surface area contributed by atoms with Crippen molar-refractivity contribution < 1.29 is 19.1 Å². The van der Waals surface area contributed by atoms with E-state index in [-0.39, 0.29) is 18.4 Å². The fourth-order valence-corrected chi connectivity index (χ4v) is 5.22. The fourth-order valence-electron chi connectivity index (χ4n) is 4.66. The summed E-state index contributed by atoms with van der Waals surface area (Å²) in [5.74, 6) is 0.827. The van der Waals surface area contributed by atoms with Gasteiger partial charge in [0.1, 0.15) is 11.4 Å². The average Bonchev–Trinajstić information content (AvgIpc) is 3.43. The van der Waals surface area contributed by atoms with Crippen LogP contribution >= 0.6 is 15.9 Å². The van der Waals surface area contributed by atoms with Crippen molar-refractivity contribution in [2.75, 3.05) is 25.1 Å². The number of nitrogens with zero attached hydrogens (tertiary/aromatic N) is 4. The highest BCUT2D eigenvalue weighted by atomic mass is 79.9. The molecular weight excluding hydrogens is 588 g/mol. The fraction of sp³-hybridized carbons (Fsp3) is 0.167. The van der Waals surface area contributed by atoms with Crippen LogP contribution in [0.2, 0.25) is 0 Å². The van der Waals surface area contributed by atoms with Crippen molar-refractivity contribution in [3.63, 3.8) is 0 Å². The standard InChI is InChI=1S/C30H25BrN6O4/c1-2-40-26-15-19(29-32-11-10-23(35-29)24-16-25-30(39)33-12-13-37(25)36-24)14-21(31)28(26)41-17-27(38)34-22-9-5-7-18-6-3-4-8-20(18)22/h3-11,14-16H,2,12-13,17H2,1H3,(H,33,39)(H,34,38). The van der Waals surface area contributed by atoms with Gasteiger partial charge in [0, 0.05) is 29.4 Å². The van der Waals surface area contributed by atoms with Gasteiger partial charge >= 0.3 is 0 Å². The highest BCUT2D eigenvalue weighted by molar-refractivity contribution is 9.10. The zero-order valence-electron chi connectivity index (χ0n) is 22.1. The smallest absolute Gasteiger partial charge is 0.269 e. The van der Waals surface area contributed by atoms with Gasteiger partial charge in [0.15, 0.2) is 23.9 Å².